The number of hydrogen-bond acceptors (Lipinski definition) is 2. The molecule has 0 unspecified atom stereocenters. The molecule has 0 atom stereocenters. The van der Waals surface area contributed by atoms with Crippen molar-refractivity contribution in [2.24, 2.45) is 0 Å². The third kappa shape index (κ3) is 3.24. The first-order chi connectivity index (χ1) is 9.63. The highest BCUT2D eigenvalue weighted by Crippen LogP contribution is 2.33. The molecule has 104 valence electrons. The summed E-state index contributed by atoms with van der Waals surface area (Å²) in [6.45, 7) is 0.408. The molecular weight excluding hydrogens is 297 g/mol. The molecule has 0 aliphatic carbocycles. The van der Waals surface area contributed by atoms with Crippen molar-refractivity contribution < 1.29 is 9.53 Å². The zero-order valence-corrected chi connectivity index (χ0v) is 12.3. The van der Waals surface area contributed by atoms with Gasteiger partial charge in [0.25, 0.3) is 5.91 Å². The van der Waals surface area contributed by atoms with E-state index < -0.39 is 0 Å². The summed E-state index contributed by atoms with van der Waals surface area (Å²) in [5.74, 6) is -0.0390. The Kier molecular flexibility index (Phi) is 4.88. The third-order valence-electron chi connectivity index (χ3n) is 2.79. The van der Waals surface area contributed by atoms with Gasteiger partial charge in [-0.25, -0.2) is 0 Å². The van der Waals surface area contributed by atoms with Gasteiger partial charge in [0.2, 0.25) is 0 Å². The van der Waals surface area contributed by atoms with Gasteiger partial charge in [-0.05, 0) is 17.7 Å². The Morgan fingerprint density at radius 3 is 2.40 bits per heavy atom. The van der Waals surface area contributed by atoms with E-state index in [1.165, 1.54) is 7.11 Å². The third-order valence-corrected chi connectivity index (χ3v) is 3.40. The molecule has 0 saturated carbocycles. The van der Waals surface area contributed by atoms with Crippen molar-refractivity contribution in [3.63, 3.8) is 0 Å². The summed E-state index contributed by atoms with van der Waals surface area (Å²) in [5, 5.41) is 3.45. The van der Waals surface area contributed by atoms with E-state index in [2.05, 4.69) is 5.32 Å². The zero-order valence-electron chi connectivity index (χ0n) is 10.8. The Labute approximate surface area is 127 Å². The van der Waals surface area contributed by atoms with E-state index in [1.807, 2.05) is 30.3 Å². The topological polar surface area (TPSA) is 38.3 Å². The number of benzene rings is 2. The van der Waals surface area contributed by atoms with Crippen LogP contribution in [0.3, 0.4) is 0 Å². The van der Waals surface area contributed by atoms with Crippen molar-refractivity contribution in [3.8, 4) is 5.75 Å². The predicted molar refractivity (Wildman–Crippen MR) is 80.6 cm³/mol. The van der Waals surface area contributed by atoms with Crippen LogP contribution in [-0.2, 0) is 6.54 Å². The fourth-order valence-corrected chi connectivity index (χ4v) is 2.28. The summed E-state index contributed by atoms with van der Waals surface area (Å²) in [4.78, 5) is 12.2. The fraction of sp³-hybridized carbons (Fsp3) is 0.133. The van der Waals surface area contributed by atoms with E-state index >= 15 is 0 Å². The molecule has 0 spiro atoms. The number of methoxy groups -OCH3 is 1. The average Bonchev–Trinajstić information content (AvgIpc) is 2.48. The monoisotopic (exact) mass is 309 g/mol. The molecule has 20 heavy (non-hydrogen) atoms. The minimum atomic E-state index is -0.321. The first kappa shape index (κ1) is 14.7. The first-order valence-electron chi connectivity index (χ1n) is 5.97. The lowest BCUT2D eigenvalue weighted by Gasteiger charge is -2.12. The van der Waals surface area contributed by atoms with Crippen molar-refractivity contribution in [2.75, 3.05) is 7.11 Å². The van der Waals surface area contributed by atoms with Gasteiger partial charge in [0.1, 0.15) is 5.56 Å². The van der Waals surface area contributed by atoms with E-state index in [0.29, 0.717) is 16.6 Å². The summed E-state index contributed by atoms with van der Waals surface area (Å²) in [5.41, 5.74) is 1.25. The van der Waals surface area contributed by atoms with Crippen LogP contribution in [0.5, 0.6) is 5.75 Å². The molecule has 2 aromatic carbocycles. The van der Waals surface area contributed by atoms with Crippen LogP contribution >= 0.6 is 23.2 Å². The zero-order chi connectivity index (χ0) is 14.5. The molecule has 0 aliphatic rings. The lowest BCUT2D eigenvalue weighted by Crippen LogP contribution is -2.23. The van der Waals surface area contributed by atoms with Gasteiger partial charge in [-0.1, -0.05) is 53.5 Å². The van der Waals surface area contributed by atoms with Gasteiger partial charge in [-0.2, -0.15) is 0 Å². The van der Waals surface area contributed by atoms with Crippen molar-refractivity contribution in [3.05, 3.63) is 63.6 Å². The van der Waals surface area contributed by atoms with Crippen LogP contribution in [0.15, 0.2) is 42.5 Å². The van der Waals surface area contributed by atoms with Crippen LogP contribution in [0.4, 0.5) is 0 Å². The molecule has 1 N–H and O–H groups in total. The highest BCUT2D eigenvalue weighted by molar-refractivity contribution is 6.37. The number of rotatable bonds is 4. The van der Waals surface area contributed by atoms with Gasteiger partial charge >= 0.3 is 0 Å². The van der Waals surface area contributed by atoms with Crippen LogP contribution in [0.1, 0.15) is 15.9 Å². The van der Waals surface area contributed by atoms with Gasteiger partial charge in [0, 0.05) is 6.54 Å². The van der Waals surface area contributed by atoms with Gasteiger partial charge < -0.3 is 10.1 Å². The van der Waals surface area contributed by atoms with E-state index in [1.54, 1.807) is 12.1 Å². The molecule has 0 saturated heterocycles. The standard InChI is InChI=1S/C15H13Cl2NO2/c1-20-14-12(17)8-7-11(16)13(14)15(19)18-9-10-5-3-2-4-6-10/h2-8H,9H2,1H3,(H,18,19). The van der Waals surface area contributed by atoms with Crippen LogP contribution in [-0.4, -0.2) is 13.0 Å². The molecular formula is C15H13Cl2NO2. The summed E-state index contributed by atoms with van der Waals surface area (Å²) in [7, 11) is 1.45. The molecule has 2 aromatic rings. The number of amides is 1. The summed E-state index contributed by atoms with van der Waals surface area (Å²) >= 11 is 12.1. The quantitative estimate of drug-likeness (QED) is 0.929. The SMILES string of the molecule is COc1c(Cl)ccc(Cl)c1C(=O)NCc1ccccc1. The molecule has 0 heterocycles. The summed E-state index contributed by atoms with van der Waals surface area (Å²) in [6, 6.07) is 12.8. The minimum absolute atomic E-state index is 0.248. The average molecular weight is 310 g/mol. The smallest absolute Gasteiger partial charge is 0.256 e. The van der Waals surface area contributed by atoms with Crippen LogP contribution in [0, 0.1) is 0 Å². The summed E-state index contributed by atoms with van der Waals surface area (Å²) < 4.78 is 5.15. The Morgan fingerprint density at radius 2 is 1.75 bits per heavy atom. The molecule has 2 rings (SSSR count). The maximum absolute atomic E-state index is 12.2. The number of hydrogen-bond donors (Lipinski definition) is 1. The molecule has 3 nitrogen and oxygen atoms in total. The normalized spacial score (nSPS) is 10.2. The minimum Gasteiger partial charge on any atom is -0.494 e. The lowest BCUT2D eigenvalue weighted by atomic mass is 10.1. The Morgan fingerprint density at radius 1 is 1.10 bits per heavy atom. The van der Waals surface area contributed by atoms with E-state index in [4.69, 9.17) is 27.9 Å². The first-order valence-corrected chi connectivity index (χ1v) is 6.73. The van der Waals surface area contributed by atoms with Crippen LogP contribution in [0.25, 0.3) is 0 Å². The largest absolute Gasteiger partial charge is 0.494 e. The molecule has 1 amide bonds. The van der Waals surface area contributed by atoms with Crippen molar-refractivity contribution in [1.82, 2.24) is 5.32 Å². The fourth-order valence-electron chi connectivity index (χ4n) is 1.81. The molecule has 5 heteroatoms. The molecule has 0 radical (unpaired) electrons. The Hall–Kier alpha value is -1.71. The highest BCUT2D eigenvalue weighted by Gasteiger charge is 2.19. The molecule has 0 aliphatic heterocycles. The maximum Gasteiger partial charge on any atom is 0.256 e. The highest BCUT2D eigenvalue weighted by atomic mass is 35.5. The predicted octanol–water partition coefficient (Wildman–Crippen LogP) is 3.93. The van der Waals surface area contributed by atoms with Crippen LogP contribution in [0.2, 0.25) is 10.0 Å². The Balaban J connectivity index is 2.19. The number of nitrogens with one attached hydrogen (secondary N) is 1. The second kappa shape index (κ2) is 6.64. The second-order valence-electron chi connectivity index (χ2n) is 4.11. The molecule has 0 fully saturated rings. The van der Waals surface area contributed by atoms with Gasteiger partial charge in [0.05, 0.1) is 17.2 Å². The number of carbonyl (C=O) groups excluding carboxylic acids is 1. The summed E-state index contributed by atoms with van der Waals surface area (Å²) in [6.07, 6.45) is 0. The van der Waals surface area contributed by atoms with E-state index in [-0.39, 0.29) is 17.2 Å². The van der Waals surface area contributed by atoms with Crippen LogP contribution < -0.4 is 10.1 Å². The van der Waals surface area contributed by atoms with E-state index in [0.717, 1.165) is 5.56 Å². The maximum atomic E-state index is 12.2. The van der Waals surface area contributed by atoms with Gasteiger partial charge in [-0.3, -0.25) is 4.79 Å². The lowest BCUT2D eigenvalue weighted by molar-refractivity contribution is 0.0948. The van der Waals surface area contributed by atoms with Gasteiger partial charge in [-0.15, -0.1) is 0 Å². The number of carbonyl (C=O) groups is 1. The number of halogens is 2. The number of ether oxygens (including phenoxy) is 1. The van der Waals surface area contributed by atoms with Gasteiger partial charge in [0.15, 0.2) is 5.75 Å². The van der Waals surface area contributed by atoms with Crippen molar-refractivity contribution in [2.45, 2.75) is 6.54 Å². The van der Waals surface area contributed by atoms with Crippen molar-refractivity contribution >= 4 is 29.1 Å². The molecule has 0 bridgehead atoms. The molecule has 0 aromatic heterocycles. The van der Waals surface area contributed by atoms with Crippen molar-refractivity contribution in [1.29, 1.82) is 0 Å². The Bertz CT molecular complexity index is 615. The second-order valence-corrected chi connectivity index (χ2v) is 4.92. The van der Waals surface area contributed by atoms with E-state index in [9.17, 15) is 4.79 Å².